The van der Waals surface area contributed by atoms with E-state index in [1.165, 1.54) is 25.7 Å². The third-order valence-electron chi connectivity index (χ3n) is 2.47. The molecule has 1 aliphatic rings. The smallest absolute Gasteiger partial charge is 0.0406 e. The molecule has 0 saturated heterocycles. The zero-order chi connectivity index (χ0) is 10.2. The standard InChI is InChI=1S/C12H22N2/c1-3-5-6-7-12-8-9-13-14(11-12)10-4-2/h9,11H,3-8,10H2,1-2H3. The van der Waals surface area contributed by atoms with Gasteiger partial charge in [0.15, 0.2) is 0 Å². The molecule has 0 atom stereocenters. The van der Waals surface area contributed by atoms with Crippen molar-refractivity contribution in [1.82, 2.24) is 5.01 Å². The van der Waals surface area contributed by atoms with Gasteiger partial charge in [0.2, 0.25) is 0 Å². The minimum atomic E-state index is 1.05. The van der Waals surface area contributed by atoms with Gasteiger partial charge in [0.25, 0.3) is 0 Å². The summed E-state index contributed by atoms with van der Waals surface area (Å²) in [6, 6.07) is 0. The van der Waals surface area contributed by atoms with Crippen LogP contribution in [0, 0.1) is 0 Å². The maximum Gasteiger partial charge on any atom is 0.0406 e. The molecule has 0 bridgehead atoms. The van der Waals surface area contributed by atoms with Crippen LogP contribution in [0.3, 0.4) is 0 Å². The highest BCUT2D eigenvalue weighted by Gasteiger charge is 2.04. The van der Waals surface area contributed by atoms with Crippen LogP contribution >= 0.6 is 0 Å². The summed E-state index contributed by atoms with van der Waals surface area (Å²) < 4.78 is 0. The van der Waals surface area contributed by atoms with Gasteiger partial charge in [-0.05, 0) is 24.8 Å². The van der Waals surface area contributed by atoms with Gasteiger partial charge in [0.1, 0.15) is 0 Å². The Labute approximate surface area is 87.7 Å². The van der Waals surface area contributed by atoms with E-state index in [1.54, 1.807) is 5.57 Å². The number of allylic oxidation sites excluding steroid dienone is 1. The highest BCUT2D eigenvalue weighted by atomic mass is 15.4. The SMILES string of the molecule is CCCCCC1=CN(CCC)N=CC1. The number of hydrogen-bond acceptors (Lipinski definition) is 2. The molecule has 0 saturated carbocycles. The Kier molecular flexibility index (Phi) is 5.35. The molecular weight excluding hydrogens is 172 g/mol. The average molecular weight is 194 g/mol. The zero-order valence-corrected chi connectivity index (χ0v) is 9.50. The molecule has 0 aromatic heterocycles. The minimum Gasteiger partial charge on any atom is -0.273 e. The lowest BCUT2D eigenvalue weighted by Gasteiger charge is -2.19. The lowest BCUT2D eigenvalue weighted by molar-refractivity contribution is 0.388. The highest BCUT2D eigenvalue weighted by molar-refractivity contribution is 5.62. The number of hydrazone groups is 1. The quantitative estimate of drug-likeness (QED) is 0.590. The first-order chi connectivity index (χ1) is 6.86. The summed E-state index contributed by atoms with van der Waals surface area (Å²) in [5.74, 6) is 0. The molecule has 0 amide bonds. The molecule has 1 heterocycles. The summed E-state index contributed by atoms with van der Waals surface area (Å²) in [4.78, 5) is 0. The summed E-state index contributed by atoms with van der Waals surface area (Å²) in [6.07, 6.45) is 11.7. The van der Waals surface area contributed by atoms with Crippen molar-refractivity contribution in [2.45, 2.75) is 52.4 Å². The van der Waals surface area contributed by atoms with Crippen LogP contribution in [0.5, 0.6) is 0 Å². The summed E-state index contributed by atoms with van der Waals surface area (Å²) in [7, 11) is 0. The molecule has 2 heteroatoms. The summed E-state index contributed by atoms with van der Waals surface area (Å²) in [5, 5.41) is 6.40. The fourth-order valence-electron chi connectivity index (χ4n) is 1.68. The topological polar surface area (TPSA) is 15.6 Å². The Morgan fingerprint density at radius 2 is 2.14 bits per heavy atom. The van der Waals surface area contributed by atoms with Gasteiger partial charge >= 0.3 is 0 Å². The molecule has 0 radical (unpaired) electrons. The van der Waals surface area contributed by atoms with Crippen LogP contribution in [0.1, 0.15) is 52.4 Å². The maximum atomic E-state index is 4.33. The van der Waals surface area contributed by atoms with E-state index < -0.39 is 0 Å². The van der Waals surface area contributed by atoms with Crippen molar-refractivity contribution in [3.63, 3.8) is 0 Å². The largest absolute Gasteiger partial charge is 0.273 e. The van der Waals surface area contributed by atoms with Gasteiger partial charge in [-0.3, -0.25) is 5.01 Å². The third kappa shape index (κ3) is 3.95. The molecule has 0 aromatic rings. The monoisotopic (exact) mass is 194 g/mol. The van der Waals surface area contributed by atoms with E-state index in [-0.39, 0.29) is 0 Å². The van der Waals surface area contributed by atoms with Gasteiger partial charge in [0, 0.05) is 25.4 Å². The average Bonchev–Trinajstić information content (AvgIpc) is 2.19. The molecule has 2 nitrogen and oxygen atoms in total. The summed E-state index contributed by atoms with van der Waals surface area (Å²) in [5.41, 5.74) is 1.54. The molecule has 0 unspecified atom stereocenters. The Bertz CT molecular complexity index is 206. The summed E-state index contributed by atoms with van der Waals surface area (Å²) in [6.45, 7) is 5.49. The summed E-state index contributed by atoms with van der Waals surface area (Å²) >= 11 is 0. The second-order valence-corrected chi connectivity index (χ2v) is 3.91. The van der Waals surface area contributed by atoms with Crippen molar-refractivity contribution >= 4 is 6.21 Å². The van der Waals surface area contributed by atoms with Gasteiger partial charge in [-0.1, -0.05) is 26.7 Å². The van der Waals surface area contributed by atoms with Crippen molar-refractivity contribution in [3.05, 3.63) is 11.8 Å². The van der Waals surface area contributed by atoms with Crippen LogP contribution < -0.4 is 0 Å². The molecule has 14 heavy (non-hydrogen) atoms. The minimum absolute atomic E-state index is 1.05. The lowest BCUT2D eigenvalue weighted by Crippen LogP contribution is -2.15. The van der Waals surface area contributed by atoms with E-state index in [4.69, 9.17) is 0 Å². The van der Waals surface area contributed by atoms with E-state index in [1.807, 2.05) is 6.21 Å². The van der Waals surface area contributed by atoms with Gasteiger partial charge < -0.3 is 0 Å². The second kappa shape index (κ2) is 6.63. The Morgan fingerprint density at radius 1 is 1.29 bits per heavy atom. The van der Waals surface area contributed by atoms with Crippen LogP contribution in [-0.4, -0.2) is 17.8 Å². The van der Waals surface area contributed by atoms with E-state index in [0.29, 0.717) is 0 Å². The van der Waals surface area contributed by atoms with Crippen LogP contribution in [0.4, 0.5) is 0 Å². The molecule has 0 aromatic carbocycles. The van der Waals surface area contributed by atoms with Crippen LogP contribution in [-0.2, 0) is 0 Å². The van der Waals surface area contributed by atoms with Crippen molar-refractivity contribution in [2.24, 2.45) is 5.10 Å². The van der Waals surface area contributed by atoms with E-state index >= 15 is 0 Å². The number of unbranched alkanes of at least 4 members (excludes halogenated alkanes) is 2. The Balaban J connectivity index is 2.30. The highest BCUT2D eigenvalue weighted by Crippen LogP contribution is 2.16. The van der Waals surface area contributed by atoms with Crippen LogP contribution in [0.15, 0.2) is 16.9 Å². The number of hydrogen-bond donors (Lipinski definition) is 0. The first kappa shape index (κ1) is 11.3. The third-order valence-corrected chi connectivity index (χ3v) is 2.47. The second-order valence-electron chi connectivity index (χ2n) is 3.91. The molecule has 80 valence electrons. The molecule has 0 fully saturated rings. The fourth-order valence-corrected chi connectivity index (χ4v) is 1.68. The van der Waals surface area contributed by atoms with E-state index in [2.05, 4.69) is 30.2 Å². The van der Waals surface area contributed by atoms with Crippen molar-refractivity contribution < 1.29 is 0 Å². The van der Waals surface area contributed by atoms with Crippen LogP contribution in [0.2, 0.25) is 0 Å². The number of nitrogens with zero attached hydrogens (tertiary/aromatic N) is 2. The predicted octanol–water partition coefficient (Wildman–Crippen LogP) is 3.55. The molecule has 0 spiro atoms. The number of rotatable bonds is 6. The van der Waals surface area contributed by atoms with Gasteiger partial charge in [-0.2, -0.15) is 5.10 Å². The fraction of sp³-hybridized carbons (Fsp3) is 0.750. The molecule has 1 aliphatic heterocycles. The maximum absolute atomic E-state index is 4.33. The Hall–Kier alpha value is -0.790. The van der Waals surface area contributed by atoms with Gasteiger partial charge in [-0.15, -0.1) is 0 Å². The predicted molar refractivity (Wildman–Crippen MR) is 62.3 cm³/mol. The first-order valence-electron chi connectivity index (χ1n) is 5.85. The lowest BCUT2D eigenvalue weighted by atomic mass is 10.1. The van der Waals surface area contributed by atoms with Gasteiger partial charge in [-0.25, -0.2) is 0 Å². The van der Waals surface area contributed by atoms with Crippen LogP contribution in [0.25, 0.3) is 0 Å². The zero-order valence-electron chi connectivity index (χ0n) is 9.50. The molecule has 0 aliphatic carbocycles. The van der Waals surface area contributed by atoms with Crippen molar-refractivity contribution in [1.29, 1.82) is 0 Å². The Morgan fingerprint density at radius 3 is 2.86 bits per heavy atom. The molecule has 1 rings (SSSR count). The van der Waals surface area contributed by atoms with Gasteiger partial charge in [0.05, 0.1) is 0 Å². The van der Waals surface area contributed by atoms with E-state index in [0.717, 1.165) is 19.4 Å². The molecule has 0 N–H and O–H groups in total. The van der Waals surface area contributed by atoms with Crippen molar-refractivity contribution in [2.75, 3.05) is 6.54 Å². The van der Waals surface area contributed by atoms with Crippen molar-refractivity contribution in [3.8, 4) is 0 Å². The van der Waals surface area contributed by atoms with E-state index in [9.17, 15) is 0 Å². The molecular formula is C12H22N2. The first-order valence-corrected chi connectivity index (χ1v) is 5.85. The normalized spacial score (nSPS) is 15.9.